The van der Waals surface area contributed by atoms with Crippen LogP contribution in [0.2, 0.25) is 0 Å². The van der Waals surface area contributed by atoms with Crippen LogP contribution in [-0.4, -0.2) is 16.3 Å². The molecule has 1 aromatic carbocycles. The highest BCUT2D eigenvalue weighted by Gasteiger charge is 2.18. The van der Waals surface area contributed by atoms with Gasteiger partial charge in [-0.3, -0.25) is 0 Å². The predicted octanol–water partition coefficient (Wildman–Crippen LogP) is 3.14. The lowest BCUT2D eigenvalue weighted by Crippen LogP contribution is -2.02. The standard InChI is InChI=1S/C15H14N2OS/c1-10-13(9-18)14(11-6-4-3-5-7-11)12(8-16)15(17-10)19-2/h3-7,18H,9H2,1-2H3. The summed E-state index contributed by atoms with van der Waals surface area (Å²) < 4.78 is 0. The van der Waals surface area contributed by atoms with E-state index in [2.05, 4.69) is 11.1 Å². The molecule has 0 aliphatic heterocycles. The number of aryl methyl sites for hydroxylation is 1. The average Bonchev–Trinajstić information content (AvgIpc) is 2.46. The monoisotopic (exact) mass is 270 g/mol. The highest BCUT2D eigenvalue weighted by molar-refractivity contribution is 7.98. The molecule has 4 heteroatoms. The summed E-state index contributed by atoms with van der Waals surface area (Å²) in [5, 5.41) is 19.7. The molecule has 0 aliphatic carbocycles. The number of pyridine rings is 1. The molecule has 0 saturated carbocycles. The third-order valence-electron chi connectivity index (χ3n) is 3.00. The van der Waals surface area contributed by atoms with Crippen molar-refractivity contribution in [2.24, 2.45) is 0 Å². The van der Waals surface area contributed by atoms with Gasteiger partial charge in [-0.15, -0.1) is 11.8 Å². The first-order valence-corrected chi connectivity index (χ1v) is 7.09. The summed E-state index contributed by atoms with van der Waals surface area (Å²) in [7, 11) is 0. The van der Waals surface area contributed by atoms with Crippen LogP contribution in [0.25, 0.3) is 11.1 Å². The number of benzene rings is 1. The fourth-order valence-electron chi connectivity index (χ4n) is 2.08. The second-order valence-corrected chi connectivity index (χ2v) is 4.87. The maximum Gasteiger partial charge on any atom is 0.114 e. The molecule has 0 saturated heterocycles. The van der Waals surface area contributed by atoms with E-state index in [0.29, 0.717) is 10.6 Å². The maximum atomic E-state index is 9.59. The molecule has 3 nitrogen and oxygen atoms in total. The topological polar surface area (TPSA) is 56.9 Å². The summed E-state index contributed by atoms with van der Waals surface area (Å²) in [5.41, 5.74) is 3.75. The van der Waals surface area contributed by atoms with Gasteiger partial charge in [-0.05, 0) is 18.7 Å². The molecule has 0 amide bonds. The summed E-state index contributed by atoms with van der Waals surface area (Å²) in [6, 6.07) is 11.9. The van der Waals surface area contributed by atoms with E-state index in [0.717, 1.165) is 22.4 Å². The van der Waals surface area contributed by atoms with Gasteiger partial charge in [0.2, 0.25) is 0 Å². The SMILES string of the molecule is CSc1nc(C)c(CO)c(-c2ccccc2)c1C#N. The van der Waals surface area contributed by atoms with Crippen molar-refractivity contribution in [2.45, 2.75) is 18.6 Å². The van der Waals surface area contributed by atoms with Gasteiger partial charge >= 0.3 is 0 Å². The van der Waals surface area contributed by atoms with Crippen LogP contribution >= 0.6 is 11.8 Å². The molecule has 1 N–H and O–H groups in total. The lowest BCUT2D eigenvalue weighted by atomic mass is 9.95. The van der Waals surface area contributed by atoms with E-state index in [1.54, 1.807) is 0 Å². The number of hydrogen-bond donors (Lipinski definition) is 1. The lowest BCUT2D eigenvalue weighted by molar-refractivity contribution is 0.281. The van der Waals surface area contributed by atoms with Crippen LogP contribution in [0.3, 0.4) is 0 Å². The quantitative estimate of drug-likeness (QED) is 0.870. The van der Waals surface area contributed by atoms with Crippen molar-refractivity contribution < 1.29 is 5.11 Å². The molecule has 0 radical (unpaired) electrons. The summed E-state index contributed by atoms with van der Waals surface area (Å²) in [6.45, 7) is 1.74. The Morgan fingerprint density at radius 2 is 2.00 bits per heavy atom. The summed E-state index contributed by atoms with van der Waals surface area (Å²) >= 11 is 1.45. The Balaban J connectivity index is 2.83. The molecule has 2 aromatic rings. The number of rotatable bonds is 3. The van der Waals surface area contributed by atoms with Crippen molar-refractivity contribution >= 4 is 11.8 Å². The Labute approximate surface area is 116 Å². The van der Waals surface area contributed by atoms with Crippen LogP contribution < -0.4 is 0 Å². The van der Waals surface area contributed by atoms with Crippen molar-refractivity contribution in [1.29, 1.82) is 5.26 Å². The zero-order valence-corrected chi connectivity index (χ0v) is 11.7. The van der Waals surface area contributed by atoms with E-state index >= 15 is 0 Å². The van der Waals surface area contributed by atoms with Gasteiger partial charge in [0, 0.05) is 16.8 Å². The van der Waals surface area contributed by atoms with Crippen molar-refractivity contribution in [2.75, 3.05) is 6.26 Å². The molecule has 19 heavy (non-hydrogen) atoms. The summed E-state index contributed by atoms with van der Waals surface area (Å²) in [6.07, 6.45) is 1.90. The first-order valence-electron chi connectivity index (χ1n) is 5.86. The van der Waals surface area contributed by atoms with E-state index < -0.39 is 0 Å². The maximum absolute atomic E-state index is 9.59. The summed E-state index contributed by atoms with van der Waals surface area (Å²) in [4.78, 5) is 4.40. The Kier molecular flexibility index (Phi) is 4.20. The number of aromatic nitrogens is 1. The van der Waals surface area contributed by atoms with Gasteiger partial charge in [-0.25, -0.2) is 4.98 Å². The van der Waals surface area contributed by atoms with Crippen LogP contribution in [0.4, 0.5) is 0 Å². The fraction of sp³-hybridized carbons (Fsp3) is 0.200. The molecule has 0 spiro atoms. The fourth-order valence-corrected chi connectivity index (χ4v) is 2.66. The minimum atomic E-state index is -0.119. The van der Waals surface area contributed by atoms with Crippen LogP contribution in [0.15, 0.2) is 35.4 Å². The Morgan fingerprint density at radius 1 is 1.32 bits per heavy atom. The van der Waals surface area contributed by atoms with Crippen molar-refractivity contribution in [3.8, 4) is 17.2 Å². The second kappa shape index (κ2) is 5.87. The Hall–Kier alpha value is -1.83. The van der Waals surface area contributed by atoms with Gasteiger partial charge in [0.1, 0.15) is 11.1 Å². The number of aliphatic hydroxyl groups is 1. The van der Waals surface area contributed by atoms with Crippen LogP contribution in [-0.2, 0) is 6.61 Å². The highest BCUT2D eigenvalue weighted by Crippen LogP contribution is 2.33. The molecule has 2 rings (SSSR count). The van der Waals surface area contributed by atoms with Crippen LogP contribution in [0.1, 0.15) is 16.8 Å². The van der Waals surface area contributed by atoms with Gasteiger partial charge in [0.25, 0.3) is 0 Å². The number of thioether (sulfide) groups is 1. The predicted molar refractivity (Wildman–Crippen MR) is 76.8 cm³/mol. The number of aliphatic hydroxyl groups excluding tert-OH is 1. The molecular weight excluding hydrogens is 256 g/mol. The van der Waals surface area contributed by atoms with Crippen LogP contribution in [0, 0.1) is 18.3 Å². The van der Waals surface area contributed by atoms with Gasteiger partial charge in [0.15, 0.2) is 0 Å². The zero-order valence-electron chi connectivity index (χ0n) is 10.8. The number of nitrogens with zero attached hydrogens (tertiary/aromatic N) is 2. The van der Waals surface area contributed by atoms with Crippen molar-refractivity contribution in [3.63, 3.8) is 0 Å². The van der Waals surface area contributed by atoms with E-state index in [4.69, 9.17) is 0 Å². The first kappa shape index (κ1) is 13.6. The first-order chi connectivity index (χ1) is 9.22. The van der Waals surface area contributed by atoms with Gasteiger partial charge in [0.05, 0.1) is 12.2 Å². The third-order valence-corrected chi connectivity index (χ3v) is 3.68. The summed E-state index contributed by atoms with van der Waals surface area (Å²) in [5.74, 6) is 0. The lowest BCUT2D eigenvalue weighted by Gasteiger charge is -2.14. The molecule has 0 atom stereocenters. The zero-order chi connectivity index (χ0) is 13.8. The van der Waals surface area contributed by atoms with Crippen molar-refractivity contribution in [3.05, 3.63) is 47.2 Å². The van der Waals surface area contributed by atoms with Gasteiger partial charge in [-0.2, -0.15) is 5.26 Å². The molecule has 1 heterocycles. The van der Waals surface area contributed by atoms with E-state index in [-0.39, 0.29) is 6.61 Å². The normalized spacial score (nSPS) is 10.2. The largest absolute Gasteiger partial charge is 0.392 e. The van der Waals surface area contributed by atoms with Gasteiger partial charge < -0.3 is 5.11 Å². The van der Waals surface area contributed by atoms with E-state index in [1.165, 1.54) is 11.8 Å². The van der Waals surface area contributed by atoms with E-state index in [1.807, 2.05) is 43.5 Å². The van der Waals surface area contributed by atoms with Crippen molar-refractivity contribution in [1.82, 2.24) is 4.98 Å². The Morgan fingerprint density at radius 3 is 2.53 bits per heavy atom. The van der Waals surface area contributed by atoms with Gasteiger partial charge in [-0.1, -0.05) is 30.3 Å². The second-order valence-electron chi connectivity index (χ2n) is 4.07. The Bertz CT molecular complexity index is 633. The molecule has 0 aliphatic rings. The molecule has 0 fully saturated rings. The highest BCUT2D eigenvalue weighted by atomic mass is 32.2. The molecular formula is C15H14N2OS. The average molecular weight is 270 g/mol. The molecule has 0 bridgehead atoms. The smallest absolute Gasteiger partial charge is 0.114 e. The van der Waals surface area contributed by atoms with E-state index in [9.17, 15) is 10.4 Å². The van der Waals surface area contributed by atoms with Crippen LogP contribution in [0.5, 0.6) is 0 Å². The third kappa shape index (κ3) is 2.48. The number of nitriles is 1. The number of hydrogen-bond acceptors (Lipinski definition) is 4. The molecule has 0 unspecified atom stereocenters. The minimum absolute atomic E-state index is 0.119. The molecule has 96 valence electrons. The minimum Gasteiger partial charge on any atom is -0.392 e. The molecule has 1 aromatic heterocycles.